The minimum absolute atomic E-state index is 0.632. The van der Waals surface area contributed by atoms with Gasteiger partial charge in [-0.3, -0.25) is 0 Å². The molecule has 0 aliphatic carbocycles. The Morgan fingerprint density at radius 2 is 1.00 bits per heavy atom. The molecule has 2 atom stereocenters. The number of hydrogen-bond acceptors (Lipinski definition) is 3. The van der Waals surface area contributed by atoms with E-state index in [0.29, 0.717) is 8.42 Å². The quantitative estimate of drug-likeness (QED) is 0.696. The van der Waals surface area contributed by atoms with Crippen molar-refractivity contribution in [1.82, 2.24) is 0 Å². The first-order valence-corrected chi connectivity index (χ1v) is 9.91. The maximum atomic E-state index is 12.3. The molecule has 2 unspecified atom stereocenters. The van der Waals surface area contributed by atoms with Crippen LogP contribution in [-0.2, 0) is 22.0 Å². The van der Waals surface area contributed by atoms with Crippen molar-refractivity contribution in [1.29, 1.82) is 0 Å². The van der Waals surface area contributed by atoms with Crippen LogP contribution in [0.25, 0.3) is 0 Å². The number of anilines is 2. The molecule has 0 bridgehead atoms. The lowest BCUT2D eigenvalue weighted by atomic mass is 10.3. The molecule has 0 aliphatic rings. The molecule has 0 spiro atoms. The van der Waals surface area contributed by atoms with Crippen LogP contribution in [0, 0.1) is 0 Å². The average Bonchev–Trinajstić information content (AvgIpc) is 3.07. The summed E-state index contributed by atoms with van der Waals surface area (Å²) in [5.74, 6) is 0. The van der Waals surface area contributed by atoms with Crippen LogP contribution < -0.4 is 9.44 Å². The SMILES string of the molecule is O=S(Nc1ccccc1)c1ccc(S(=O)Nc2ccccc2)s1. The largest absolute Gasteiger partial charge is 0.300 e. The van der Waals surface area contributed by atoms with Gasteiger partial charge in [0.05, 0.1) is 0 Å². The molecule has 7 heteroatoms. The molecule has 0 saturated carbocycles. The van der Waals surface area contributed by atoms with Crippen molar-refractivity contribution in [3.63, 3.8) is 0 Å². The van der Waals surface area contributed by atoms with E-state index < -0.39 is 22.0 Å². The molecule has 118 valence electrons. The van der Waals surface area contributed by atoms with Crippen LogP contribution >= 0.6 is 11.3 Å². The highest BCUT2D eigenvalue weighted by Crippen LogP contribution is 2.25. The lowest BCUT2D eigenvalue weighted by Crippen LogP contribution is -2.03. The van der Waals surface area contributed by atoms with E-state index in [-0.39, 0.29) is 0 Å². The van der Waals surface area contributed by atoms with E-state index in [1.165, 1.54) is 11.3 Å². The van der Waals surface area contributed by atoms with Crippen molar-refractivity contribution in [2.75, 3.05) is 9.44 Å². The van der Waals surface area contributed by atoms with Gasteiger partial charge >= 0.3 is 0 Å². The summed E-state index contributed by atoms with van der Waals surface area (Å²) in [5.41, 5.74) is 1.56. The third kappa shape index (κ3) is 4.28. The van der Waals surface area contributed by atoms with E-state index in [1.807, 2.05) is 60.7 Å². The minimum Gasteiger partial charge on any atom is -0.300 e. The topological polar surface area (TPSA) is 58.2 Å². The number of thiophene rings is 1. The van der Waals surface area contributed by atoms with Gasteiger partial charge in [0.15, 0.2) is 22.0 Å². The number of hydrogen-bond donors (Lipinski definition) is 2. The van der Waals surface area contributed by atoms with E-state index in [2.05, 4.69) is 9.44 Å². The molecule has 0 radical (unpaired) electrons. The Kier molecular flexibility index (Phi) is 5.22. The fourth-order valence-corrected chi connectivity index (χ4v) is 5.14. The molecular formula is C16H14N2O2S3. The zero-order valence-electron chi connectivity index (χ0n) is 12.0. The Morgan fingerprint density at radius 1 is 0.609 bits per heavy atom. The predicted octanol–water partition coefficient (Wildman–Crippen LogP) is 4.02. The average molecular weight is 363 g/mol. The molecule has 2 N–H and O–H groups in total. The van der Waals surface area contributed by atoms with Crippen molar-refractivity contribution in [2.24, 2.45) is 0 Å². The summed E-state index contributed by atoms with van der Waals surface area (Å²) in [5, 5.41) is 0. The summed E-state index contributed by atoms with van der Waals surface area (Å²) in [4.78, 5) is 0. The molecule has 23 heavy (non-hydrogen) atoms. The second-order valence-electron chi connectivity index (χ2n) is 4.55. The van der Waals surface area contributed by atoms with Crippen molar-refractivity contribution in [3.05, 3.63) is 72.8 Å². The molecule has 0 saturated heterocycles. The molecule has 3 aromatic rings. The standard InChI is InChI=1S/C16H14N2O2S3/c19-22(17-13-7-3-1-4-8-13)15-11-12-16(21-15)23(20)18-14-9-5-2-6-10-14/h1-12,17-18H. The van der Waals surface area contributed by atoms with Gasteiger partial charge in [-0.2, -0.15) is 0 Å². The molecule has 1 aromatic heterocycles. The lowest BCUT2D eigenvalue weighted by Gasteiger charge is -2.04. The Balaban J connectivity index is 1.68. The normalized spacial score (nSPS) is 13.2. The third-order valence-corrected chi connectivity index (χ3v) is 6.82. The van der Waals surface area contributed by atoms with Crippen molar-refractivity contribution < 1.29 is 8.42 Å². The Bertz CT molecular complexity index is 752. The summed E-state index contributed by atoms with van der Waals surface area (Å²) >= 11 is 1.26. The zero-order chi connectivity index (χ0) is 16.1. The second-order valence-corrected chi connectivity index (χ2v) is 8.51. The molecule has 0 fully saturated rings. The fourth-order valence-electron chi connectivity index (χ4n) is 1.83. The molecule has 4 nitrogen and oxygen atoms in total. The molecule has 0 amide bonds. The summed E-state index contributed by atoms with van der Waals surface area (Å²) in [6.45, 7) is 0. The van der Waals surface area contributed by atoms with Crippen LogP contribution in [0.4, 0.5) is 11.4 Å². The van der Waals surface area contributed by atoms with Gasteiger partial charge in [-0.15, -0.1) is 11.3 Å². The van der Waals surface area contributed by atoms with E-state index in [1.54, 1.807) is 12.1 Å². The highest BCUT2D eigenvalue weighted by Gasteiger charge is 2.12. The molecule has 2 aromatic carbocycles. The number of rotatable bonds is 6. The van der Waals surface area contributed by atoms with Crippen LogP contribution in [0.3, 0.4) is 0 Å². The Hall–Kier alpha value is -1.96. The smallest absolute Gasteiger partial charge is 0.160 e. The molecule has 3 rings (SSSR count). The predicted molar refractivity (Wildman–Crippen MR) is 97.3 cm³/mol. The van der Waals surface area contributed by atoms with E-state index >= 15 is 0 Å². The first-order chi connectivity index (χ1) is 11.2. The van der Waals surface area contributed by atoms with Crippen molar-refractivity contribution >= 4 is 44.7 Å². The summed E-state index contributed by atoms with van der Waals surface area (Å²) < 4.78 is 31.7. The Labute approximate surface area is 143 Å². The second kappa shape index (κ2) is 7.54. The van der Waals surface area contributed by atoms with Crippen molar-refractivity contribution in [2.45, 2.75) is 8.42 Å². The van der Waals surface area contributed by atoms with Crippen LogP contribution in [0.5, 0.6) is 0 Å². The highest BCUT2D eigenvalue weighted by molar-refractivity contribution is 7.91. The van der Waals surface area contributed by atoms with Crippen molar-refractivity contribution in [3.8, 4) is 0 Å². The summed E-state index contributed by atoms with van der Waals surface area (Å²) in [7, 11) is -2.74. The van der Waals surface area contributed by atoms with Crippen LogP contribution in [0.15, 0.2) is 81.2 Å². The first-order valence-electron chi connectivity index (χ1n) is 6.79. The zero-order valence-corrected chi connectivity index (χ0v) is 14.4. The van der Waals surface area contributed by atoms with Gasteiger partial charge in [-0.1, -0.05) is 36.4 Å². The monoisotopic (exact) mass is 362 g/mol. The van der Waals surface area contributed by atoms with Gasteiger partial charge in [-0.05, 0) is 36.4 Å². The van der Waals surface area contributed by atoms with Gasteiger partial charge < -0.3 is 9.44 Å². The molecular weight excluding hydrogens is 348 g/mol. The highest BCUT2D eigenvalue weighted by atomic mass is 32.2. The molecule has 1 heterocycles. The van der Waals surface area contributed by atoms with Gasteiger partial charge in [0.25, 0.3) is 0 Å². The number of para-hydroxylation sites is 2. The van der Waals surface area contributed by atoms with Crippen LogP contribution in [-0.4, -0.2) is 8.42 Å². The van der Waals surface area contributed by atoms with E-state index in [4.69, 9.17) is 0 Å². The van der Waals surface area contributed by atoms with Crippen LogP contribution in [0.2, 0.25) is 0 Å². The van der Waals surface area contributed by atoms with Gasteiger partial charge in [0, 0.05) is 11.4 Å². The van der Waals surface area contributed by atoms with Gasteiger partial charge in [-0.25, -0.2) is 8.42 Å². The first kappa shape index (κ1) is 15.9. The minimum atomic E-state index is -1.37. The maximum absolute atomic E-state index is 12.3. The van der Waals surface area contributed by atoms with E-state index in [9.17, 15) is 8.42 Å². The third-order valence-electron chi connectivity index (χ3n) is 2.89. The lowest BCUT2D eigenvalue weighted by molar-refractivity contribution is 0.687. The fraction of sp³-hybridized carbons (Fsp3) is 0. The molecule has 0 aliphatic heterocycles. The van der Waals surface area contributed by atoms with Gasteiger partial charge in [0.1, 0.15) is 8.42 Å². The number of nitrogens with one attached hydrogen (secondary N) is 2. The van der Waals surface area contributed by atoms with Crippen LogP contribution in [0.1, 0.15) is 0 Å². The van der Waals surface area contributed by atoms with E-state index in [0.717, 1.165) is 11.4 Å². The van der Waals surface area contributed by atoms with Gasteiger partial charge in [0.2, 0.25) is 0 Å². The maximum Gasteiger partial charge on any atom is 0.160 e. The Morgan fingerprint density at radius 3 is 1.39 bits per heavy atom. The summed E-state index contributed by atoms with van der Waals surface area (Å²) in [6, 6.07) is 22.2. The summed E-state index contributed by atoms with van der Waals surface area (Å²) in [6.07, 6.45) is 0. The number of benzene rings is 2.